The van der Waals surface area contributed by atoms with Gasteiger partial charge in [0.05, 0.1) is 6.54 Å². The molecule has 0 saturated heterocycles. The number of fused-ring (bicyclic) bond motifs is 2. The number of benzene rings is 2. The Labute approximate surface area is 157 Å². The zero-order valence-corrected chi connectivity index (χ0v) is 15.5. The van der Waals surface area contributed by atoms with Gasteiger partial charge in [0.15, 0.2) is 6.54 Å². The number of anilines is 1. The van der Waals surface area contributed by atoms with Gasteiger partial charge >= 0.3 is 0 Å². The number of quaternary nitrogens is 1. The second kappa shape index (κ2) is 6.53. The van der Waals surface area contributed by atoms with E-state index in [1.165, 1.54) is 28.7 Å². The minimum Gasteiger partial charge on any atom is -0.321 e. The first-order chi connectivity index (χ1) is 12.8. The van der Waals surface area contributed by atoms with E-state index in [1.807, 2.05) is 29.5 Å². The number of hydrogen-bond donors (Lipinski definition) is 2. The van der Waals surface area contributed by atoms with Crippen LogP contribution in [-0.4, -0.2) is 19.0 Å². The molecule has 0 spiro atoms. The van der Waals surface area contributed by atoms with Gasteiger partial charge in [0.25, 0.3) is 5.91 Å². The van der Waals surface area contributed by atoms with Gasteiger partial charge in [0.1, 0.15) is 6.04 Å². The van der Waals surface area contributed by atoms with E-state index in [4.69, 9.17) is 0 Å². The van der Waals surface area contributed by atoms with Gasteiger partial charge in [0.2, 0.25) is 0 Å². The van der Waals surface area contributed by atoms with Crippen LogP contribution in [0.2, 0.25) is 0 Å². The van der Waals surface area contributed by atoms with E-state index < -0.39 is 0 Å². The lowest BCUT2D eigenvalue weighted by molar-refractivity contribution is -0.928. The van der Waals surface area contributed by atoms with E-state index in [-0.39, 0.29) is 5.91 Å². The number of hydrogen-bond acceptors (Lipinski definition) is 2. The Balaban J connectivity index is 1.31. The summed E-state index contributed by atoms with van der Waals surface area (Å²) in [5.74, 6) is 0.895. The molecule has 5 rings (SSSR count). The molecular weight excluding hydrogens is 340 g/mol. The lowest BCUT2D eigenvalue weighted by Gasteiger charge is -2.32. The summed E-state index contributed by atoms with van der Waals surface area (Å²) in [6.45, 7) is 1.63. The van der Waals surface area contributed by atoms with Gasteiger partial charge in [-0.15, -0.1) is 11.3 Å². The van der Waals surface area contributed by atoms with E-state index in [1.54, 1.807) is 4.88 Å². The first kappa shape index (κ1) is 16.0. The zero-order chi connectivity index (χ0) is 17.5. The molecule has 3 aromatic rings. The maximum atomic E-state index is 12.7. The predicted molar refractivity (Wildman–Crippen MR) is 107 cm³/mol. The lowest BCUT2D eigenvalue weighted by Crippen LogP contribution is -3.14. The summed E-state index contributed by atoms with van der Waals surface area (Å²) >= 11 is 1.89. The first-order valence-corrected chi connectivity index (χ1v) is 10.4. The van der Waals surface area contributed by atoms with Crippen molar-refractivity contribution < 1.29 is 9.69 Å². The van der Waals surface area contributed by atoms with E-state index >= 15 is 0 Å². The Morgan fingerprint density at radius 1 is 1.12 bits per heavy atom. The third-order valence-electron chi connectivity index (χ3n) is 5.74. The van der Waals surface area contributed by atoms with E-state index in [0.717, 1.165) is 30.0 Å². The number of amides is 1. The molecule has 1 unspecified atom stereocenters. The SMILES string of the molecule is O=C(C[NH+]1CCc2sccc2[C@@H]1C1CC1)Nc1ccc2ccccc2c1. The first-order valence-electron chi connectivity index (χ1n) is 9.47. The molecule has 4 heteroatoms. The van der Waals surface area contributed by atoms with Crippen LogP contribution < -0.4 is 10.2 Å². The fourth-order valence-electron chi connectivity index (χ4n) is 4.37. The van der Waals surface area contributed by atoms with Gasteiger partial charge < -0.3 is 10.2 Å². The van der Waals surface area contributed by atoms with Gasteiger partial charge in [-0.3, -0.25) is 4.79 Å². The summed E-state index contributed by atoms with van der Waals surface area (Å²) in [6.07, 6.45) is 3.74. The van der Waals surface area contributed by atoms with Crippen LogP contribution in [0.15, 0.2) is 53.9 Å². The Kier molecular flexibility index (Phi) is 4.03. The molecule has 26 heavy (non-hydrogen) atoms. The number of thiophene rings is 1. The third-order valence-corrected chi connectivity index (χ3v) is 6.74. The average Bonchev–Trinajstić information content (AvgIpc) is 3.37. The largest absolute Gasteiger partial charge is 0.321 e. The normalized spacial score (nSPS) is 22.2. The number of carbonyl (C=O) groups excluding carboxylic acids is 1. The van der Waals surface area contributed by atoms with Crippen molar-refractivity contribution in [3.8, 4) is 0 Å². The summed E-state index contributed by atoms with van der Waals surface area (Å²) in [5.41, 5.74) is 2.40. The van der Waals surface area contributed by atoms with Gasteiger partial charge in [-0.25, -0.2) is 0 Å². The molecule has 2 aromatic carbocycles. The van der Waals surface area contributed by atoms with Crippen molar-refractivity contribution in [1.29, 1.82) is 0 Å². The number of nitrogens with one attached hydrogen (secondary N) is 2. The van der Waals surface area contributed by atoms with Gasteiger partial charge in [0, 0.05) is 28.5 Å². The number of carbonyl (C=O) groups is 1. The Hall–Kier alpha value is -2.17. The van der Waals surface area contributed by atoms with Crippen LogP contribution in [0.3, 0.4) is 0 Å². The van der Waals surface area contributed by atoms with Crippen molar-refractivity contribution in [2.45, 2.75) is 25.3 Å². The van der Waals surface area contributed by atoms with Crippen molar-refractivity contribution in [3.63, 3.8) is 0 Å². The van der Waals surface area contributed by atoms with Crippen LogP contribution >= 0.6 is 11.3 Å². The van der Waals surface area contributed by atoms with Crippen LogP contribution in [0.4, 0.5) is 5.69 Å². The molecular formula is C22H23N2OS+. The molecule has 2 N–H and O–H groups in total. The quantitative estimate of drug-likeness (QED) is 0.732. The minimum absolute atomic E-state index is 0.125. The van der Waals surface area contributed by atoms with Gasteiger partial charge in [-0.1, -0.05) is 30.3 Å². The highest BCUT2D eigenvalue weighted by molar-refractivity contribution is 7.10. The van der Waals surface area contributed by atoms with Crippen LogP contribution in [0.1, 0.15) is 29.3 Å². The monoisotopic (exact) mass is 363 g/mol. The second-order valence-electron chi connectivity index (χ2n) is 7.56. The molecule has 1 fully saturated rings. The summed E-state index contributed by atoms with van der Waals surface area (Å²) in [6, 6.07) is 17.2. The smallest absolute Gasteiger partial charge is 0.279 e. The van der Waals surface area contributed by atoms with Crippen LogP contribution in [0.25, 0.3) is 10.8 Å². The molecule has 1 amide bonds. The highest BCUT2D eigenvalue weighted by Crippen LogP contribution is 2.42. The molecule has 1 aliphatic carbocycles. The Morgan fingerprint density at radius 3 is 2.81 bits per heavy atom. The molecule has 0 radical (unpaired) electrons. The fourth-order valence-corrected chi connectivity index (χ4v) is 5.30. The van der Waals surface area contributed by atoms with E-state index in [9.17, 15) is 4.79 Å². The van der Waals surface area contributed by atoms with Gasteiger partial charge in [-0.05, 0) is 47.2 Å². The zero-order valence-electron chi connectivity index (χ0n) is 14.7. The minimum atomic E-state index is 0.125. The van der Waals surface area contributed by atoms with Crippen molar-refractivity contribution in [2.75, 3.05) is 18.4 Å². The van der Waals surface area contributed by atoms with Gasteiger partial charge in [-0.2, -0.15) is 0 Å². The third kappa shape index (κ3) is 3.04. The lowest BCUT2D eigenvalue weighted by atomic mass is 9.96. The standard InChI is InChI=1S/C22H22N2OS/c25-21(23-18-8-7-15-3-1-2-4-17(15)13-18)14-24-11-9-20-19(10-12-26-20)22(24)16-5-6-16/h1-4,7-8,10,12-13,16,22H,5-6,9,11,14H2,(H,23,25)/p+1/t22-/m0/s1. The van der Waals surface area contributed by atoms with Crippen LogP contribution in [0.5, 0.6) is 0 Å². The maximum Gasteiger partial charge on any atom is 0.279 e. The molecule has 1 saturated carbocycles. The highest BCUT2D eigenvalue weighted by Gasteiger charge is 2.43. The summed E-state index contributed by atoms with van der Waals surface area (Å²) in [4.78, 5) is 15.7. The average molecular weight is 364 g/mol. The molecule has 2 atom stereocenters. The highest BCUT2D eigenvalue weighted by atomic mass is 32.1. The van der Waals surface area contributed by atoms with Crippen molar-refractivity contribution in [3.05, 3.63) is 64.4 Å². The molecule has 2 heterocycles. The fraction of sp³-hybridized carbons (Fsp3) is 0.318. The van der Waals surface area contributed by atoms with Crippen molar-refractivity contribution >= 4 is 33.7 Å². The van der Waals surface area contributed by atoms with E-state index in [2.05, 4.69) is 41.0 Å². The Bertz CT molecular complexity index is 959. The van der Waals surface area contributed by atoms with Crippen LogP contribution in [-0.2, 0) is 11.2 Å². The molecule has 3 nitrogen and oxygen atoms in total. The Morgan fingerprint density at radius 2 is 1.96 bits per heavy atom. The van der Waals surface area contributed by atoms with E-state index in [0.29, 0.717) is 12.6 Å². The summed E-state index contributed by atoms with van der Waals surface area (Å²) in [5, 5.41) is 7.70. The maximum absolute atomic E-state index is 12.7. The second-order valence-corrected chi connectivity index (χ2v) is 8.56. The summed E-state index contributed by atoms with van der Waals surface area (Å²) < 4.78 is 0. The molecule has 132 valence electrons. The molecule has 2 aliphatic rings. The predicted octanol–water partition coefficient (Wildman–Crippen LogP) is 3.43. The molecule has 0 bridgehead atoms. The molecule has 1 aliphatic heterocycles. The molecule has 1 aromatic heterocycles. The summed E-state index contributed by atoms with van der Waals surface area (Å²) in [7, 11) is 0. The topological polar surface area (TPSA) is 33.5 Å². The van der Waals surface area contributed by atoms with Crippen LogP contribution in [0, 0.1) is 5.92 Å². The van der Waals surface area contributed by atoms with Crippen molar-refractivity contribution in [2.24, 2.45) is 5.92 Å². The number of rotatable bonds is 4. The van der Waals surface area contributed by atoms with Crippen molar-refractivity contribution in [1.82, 2.24) is 0 Å².